The number of amides is 1. The van der Waals surface area contributed by atoms with E-state index < -0.39 is 0 Å². The van der Waals surface area contributed by atoms with Crippen molar-refractivity contribution in [1.82, 2.24) is 20.2 Å². The van der Waals surface area contributed by atoms with Crippen molar-refractivity contribution >= 4 is 16.8 Å². The topological polar surface area (TPSA) is 87.3 Å². The van der Waals surface area contributed by atoms with E-state index in [9.17, 15) is 9.59 Å². The summed E-state index contributed by atoms with van der Waals surface area (Å²) in [6, 6.07) is 7.75. The molecule has 0 saturated carbocycles. The highest BCUT2D eigenvalue weighted by molar-refractivity contribution is 5.79. The van der Waals surface area contributed by atoms with Gasteiger partial charge in [-0.15, -0.1) is 0 Å². The summed E-state index contributed by atoms with van der Waals surface area (Å²) in [5.74, 6) is 0.528. The number of nitrogens with one attached hydrogen (secondary N) is 2. The van der Waals surface area contributed by atoms with Crippen molar-refractivity contribution in [3.63, 3.8) is 0 Å². The highest BCUT2D eigenvalue weighted by atomic mass is 16.5. The van der Waals surface area contributed by atoms with E-state index in [0.29, 0.717) is 22.8 Å². The molecule has 0 spiro atoms. The van der Waals surface area contributed by atoms with Crippen LogP contribution in [0.25, 0.3) is 10.9 Å². The molecular weight excluding hydrogens is 344 g/mol. The Morgan fingerprint density at radius 1 is 1.26 bits per heavy atom. The predicted molar refractivity (Wildman–Crippen MR) is 102 cm³/mol. The van der Waals surface area contributed by atoms with Crippen molar-refractivity contribution in [3.8, 4) is 0 Å². The molecule has 0 bridgehead atoms. The number of aromatic nitrogens is 2. The molecule has 2 aliphatic rings. The number of hydrogen-bond donors (Lipinski definition) is 2. The number of benzene rings is 1. The number of H-pyrrole nitrogens is 1. The van der Waals surface area contributed by atoms with Gasteiger partial charge in [0.05, 0.1) is 23.4 Å². The molecule has 0 unspecified atom stereocenters. The van der Waals surface area contributed by atoms with Crippen molar-refractivity contribution in [1.29, 1.82) is 0 Å². The van der Waals surface area contributed by atoms with E-state index in [2.05, 4.69) is 20.2 Å². The highest BCUT2D eigenvalue weighted by Crippen LogP contribution is 2.23. The number of piperidine rings is 1. The monoisotopic (exact) mass is 370 g/mol. The first-order chi connectivity index (χ1) is 13.2. The zero-order valence-corrected chi connectivity index (χ0v) is 15.4. The zero-order valence-electron chi connectivity index (χ0n) is 15.4. The molecule has 1 atom stereocenters. The molecule has 2 N–H and O–H groups in total. The van der Waals surface area contributed by atoms with Crippen LogP contribution >= 0.6 is 0 Å². The maximum absolute atomic E-state index is 12.7. The first-order valence-electron chi connectivity index (χ1n) is 9.78. The Morgan fingerprint density at radius 2 is 2.07 bits per heavy atom. The molecule has 1 aromatic heterocycles. The first kappa shape index (κ1) is 18.1. The molecule has 3 heterocycles. The van der Waals surface area contributed by atoms with Crippen LogP contribution in [0.1, 0.15) is 31.5 Å². The fourth-order valence-electron chi connectivity index (χ4n) is 4.14. The fraction of sp³-hybridized carbons (Fsp3) is 0.550. The molecule has 2 aliphatic heterocycles. The molecule has 7 heteroatoms. The van der Waals surface area contributed by atoms with Crippen molar-refractivity contribution in [2.24, 2.45) is 5.92 Å². The van der Waals surface area contributed by atoms with E-state index >= 15 is 0 Å². The van der Waals surface area contributed by atoms with Gasteiger partial charge < -0.3 is 15.0 Å². The van der Waals surface area contributed by atoms with Crippen molar-refractivity contribution in [2.45, 2.75) is 38.3 Å². The second kappa shape index (κ2) is 8.19. The molecule has 1 aromatic carbocycles. The van der Waals surface area contributed by atoms with E-state index in [1.807, 2.05) is 18.2 Å². The largest absolute Gasteiger partial charge is 0.381 e. The van der Waals surface area contributed by atoms with Crippen LogP contribution in [0.4, 0.5) is 0 Å². The minimum atomic E-state index is -0.173. The van der Waals surface area contributed by atoms with Crippen molar-refractivity contribution in [2.75, 3.05) is 26.3 Å². The summed E-state index contributed by atoms with van der Waals surface area (Å²) in [6.45, 7) is 3.75. The average molecular weight is 370 g/mol. The second-order valence-electron chi connectivity index (χ2n) is 7.43. The summed E-state index contributed by atoms with van der Waals surface area (Å²) in [6.07, 6.45) is 4.06. The number of rotatable bonds is 4. The summed E-state index contributed by atoms with van der Waals surface area (Å²) in [5.41, 5.74) is 0.474. The number of nitrogens with zero attached hydrogens (tertiary/aromatic N) is 2. The van der Waals surface area contributed by atoms with Crippen LogP contribution in [-0.4, -0.2) is 53.1 Å². The van der Waals surface area contributed by atoms with Crippen LogP contribution < -0.4 is 10.9 Å². The number of carbonyl (C=O) groups excluding carboxylic acids is 1. The molecule has 1 amide bonds. The van der Waals surface area contributed by atoms with Gasteiger partial charge in [-0.25, -0.2) is 4.98 Å². The molecule has 2 aromatic rings. The smallest absolute Gasteiger partial charge is 0.258 e. The Bertz CT molecular complexity index is 860. The van der Waals surface area contributed by atoms with Gasteiger partial charge in [0.25, 0.3) is 5.56 Å². The Balaban J connectivity index is 1.37. The summed E-state index contributed by atoms with van der Waals surface area (Å²) in [7, 11) is 0. The summed E-state index contributed by atoms with van der Waals surface area (Å²) >= 11 is 0. The SMILES string of the molecule is O=C(NCc1nc2ccccc2c(=O)[nH]1)[C@@H]1CCCN(C2CCOCC2)C1. The average Bonchev–Trinajstić information content (AvgIpc) is 2.73. The Hall–Kier alpha value is -2.25. The molecule has 2 fully saturated rings. The normalized spacial score (nSPS) is 22.0. The van der Waals surface area contributed by atoms with E-state index in [0.717, 1.165) is 52.0 Å². The lowest BCUT2D eigenvalue weighted by molar-refractivity contribution is -0.127. The molecule has 4 rings (SSSR count). The van der Waals surface area contributed by atoms with Gasteiger partial charge in [0.1, 0.15) is 5.82 Å². The molecule has 2 saturated heterocycles. The standard InChI is InChI=1S/C20H26N4O3/c25-19(14-4-3-9-24(13-14)15-7-10-27-11-8-15)21-12-18-22-17-6-2-1-5-16(17)20(26)23-18/h1-2,5-6,14-15H,3-4,7-13H2,(H,21,25)(H,22,23,26)/t14-/m1/s1. The predicted octanol–water partition coefficient (Wildman–Crippen LogP) is 1.43. The van der Waals surface area contributed by atoms with Crippen LogP contribution in [-0.2, 0) is 16.1 Å². The molecule has 144 valence electrons. The van der Waals surface area contributed by atoms with Gasteiger partial charge in [-0.05, 0) is 44.4 Å². The number of hydrogen-bond acceptors (Lipinski definition) is 5. The van der Waals surface area contributed by atoms with Gasteiger partial charge in [-0.2, -0.15) is 0 Å². The number of fused-ring (bicyclic) bond motifs is 1. The van der Waals surface area contributed by atoms with E-state index in [4.69, 9.17) is 4.74 Å². The summed E-state index contributed by atoms with van der Waals surface area (Å²) < 4.78 is 5.45. The maximum atomic E-state index is 12.7. The van der Waals surface area contributed by atoms with Gasteiger partial charge in [-0.1, -0.05) is 12.1 Å². The van der Waals surface area contributed by atoms with Crippen LogP contribution in [0, 0.1) is 5.92 Å². The Labute approximate surface area is 158 Å². The van der Waals surface area contributed by atoms with E-state index in [-0.39, 0.29) is 23.9 Å². The second-order valence-corrected chi connectivity index (χ2v) is 7.43. The molecule has 27 heavy (non-hydrogen) atoms. The lowest BCUT2D eigenvalue weighted by Gasteiger charge is -2.39. The molecular formula is C20H26N4O3. The quantitative estimate of drug-likeness (QED) is 0.850. The minimum Gasteiger partial charge on any atom is -0.381 e. The van der Waals surface area contributed by atoms with E-state index in [1.54, 1.807) is 6.07 Å². The fourth-order valence-corrected chi connectivity index (χ4v) is 4.14. The maximum Gasteiger partial charge on any atom is 0.258 e. The number of ether oxygens (including phenoxy) is 1. The summed E-state index contributed by atoms with van der Waals surface area (Å²) in [4.78, 5) is 34.5. The lowest BCUT2D eigenvalue weighted by Crippen LogP contribution is -2.48. The lowest BCUT2D eigenvalue weighted by atomic mass is 9.94. The number of carbonyl (C=O) groups is 1. The van der Waals surface area contributed by atoms with Gasteiger partial charge in [0.15, 0.2) is 0 Å². The molecule has 0 aliphatic carbocycles. The van der Waals surface area contributed by atoms with Crippen LogP contribution in [0.5, 0.6) is 0 Å². The van der Waals surface area contributed by atoms with Crippen LogP contribution in [0.15, 0.2) is 29.1 Å². The van der Waals surface area contributed by atoms with Crippen LogP contribution in [0.2, 0.25) is 0 Å². The third kappa shape index (κ3) is 4.20. The number of para-hydroxylation sites is 1. The zero-order chi connectivity index (χ0) is 18.6. The molecule has 7 nitrogen and oxygen atoms in total. The van der Waals surface area contributed by atoms with Gasteiger partial charge in [0, 0.05) is 25.8 Å². The number of aromatic amines is 1. The van der Waals surface area contributed by atoms with Crippen LogP contribution in [0.3, 0.4) is 0 Å². The number of likely N-dealkylation sites (tertiary alicyclic amines) is 1. The van der Waals surface area contributed by atoms with Crippen molar-refractivity contribution in [3.05, 3.63) is 40.4 Å². The Kier molecular flexibility index (Phi) is 5.50. The highest BCUT2D eigenvalue weighted by Gasteiger charge is 2.30. The summed E-state index contributed by atoms with van der Waals surface area (Å²) in [5, 5.41) is 3.52. The first-order valence-corrected chi connectivity index (χ1v) is 9.78. The Morgan fingerprint density at radius 3 is 2.93 bits per heavy atom. The van der Waals surface area contributed by atoms with Gasteiger partial charge >= 0.3 is 0 Å². The molecule has 0 radical (unpaired) electrons. The minimum absolute atomic E-state index is 0.00577. The van der Waals surface area contributed by atoms with Gasteiger partial charge in [0.2, 0.25) is 5.91 Å². The third-order valence-electron chi connectivity index (χ3n) is 5.62. The van der Waals surface area contributed by atoms with E-state index in [1.165, 1.54) is 0 Å². The third-order valence-corrected chi connectivity index (χ3v) is 5.62. The van der Waals surface area contributed by atoms with Gasteiger partial charge in [-0.3, -0.25) is 14.5 Å². The van der Waals surface area contributed by atoms with Crippen molar-refractivity contribution < 1.29 is 9.53 Å².